The van der Waals surface area contributed by atoms with E-state index in [9.17, 15) is 0 Å². The summed E-state index contributed by atoms with van der Waals surface area (Å²) in [5.41, 5.74) is 0.363. The van der Waals surface area contributed by atoms with E-state index in [1.807, 2.05) is 0 Å². The molecule has 3 heteroatoms. The van der Waals surface area contributed by atoms with Gasteiger partial charge in [-0.15, -0.1) is 0 Å². The van der Waals surface area contributed by atoms with Gasteiger partial charge in [0.25, 0.3) is 0 Å². The minimum Gasteiger partial charge on any atom is -0.312 e. The molecule has 2 fully saturated rings. The molecule has 3 nitrogen and oxygen atoms in total. The van der Waals surface area contributed by atoms with Crippen molar-refractivity contribution >= 4 is 0 Å². The van der Waals surface area contributed by atoms with E-state index in [2.05, 4.69) is 42.8 Å². The fourth-order valence-corrected chi connectivity index (χ4v) is 3.48. The zero-order chi connectivity index (χ0) is 13.9. The predicted octanol–water partition coefficient (Wildman–Crippen LogP) is 2.18. The monoisotopic (exact) mass is 267 g/mol. The number of rotatable bonds is 2. The highest BCUT2D eigenvalue weighted by Gasteiger charge is 2.32. The minimum atomic E-state index is 0.363. The van der Waals surface area contributed by atoms with E-state index in [1.165, 1.54) is 58.5 Å². The Morgan fingerprint density at radius 1 is 1.11 bits per heavy atom. The van der Waals surface area contributed by atoms with Gasteiger partial charge in [-0.05, 0) is 50.9 Å². The first-order valence-electron chi connectivity index (χ1n) is 8.20. The molecule has 0 aromatic heterocycles. The van der Waals surface area contributed by atoms with Crippen LogP contribution in [0.15, 0.2) is 0 Å². The van der Waals surface area contributed by atoms with E-state index in [0.29, 0.717) is 11.5 Å². The molecular formula is C16H33N3. The van der Waals surface area contributed by atoms with Gasteiger partial charge < -0.3 is 10.2 Å². The fourth-order valence-electron chi connectivity index (χ4n) is 3.48. The molecule has 0 aromatic carbocycles. The Balaban J connectivity index is 1.97. The second-order valence-corrected chi connectivity index (χ2v) is 7.41. The molecule has 112 valence electrons. The number of nitrogens with one attached hydrogen (secondary N) is 1. The van der Waals surface area contributed by atoms with Crippen molar-refractivity contribution in [1.82, 2.24) is 15.1 Å². The first kappa shape index (κ1) is 15.3. The molecule has 2 atom stereocenters. The maximum atomic E-state index is 3.76. The Kier molecular flexibility index (Phi) is 5.27. The summed E-state index contributed by atoms with van der Waals surface area (Å²) >= 11 is 0. The van der Waals surface area contributed by atoms with Crippen molar-refractivity contribution in [2.24, 2.45) is 5.41 Å². The zero-order valence-electron chi connectivity index (χ0n) is 13.4. The fraction of sp³-hybridized carbons (Fsp3) is 1.00. The summed E-state index contributed by atoms with van der Waals surface area (Å²) in [5.74, 6) is 0. The van der Waals surface area contributed by atoms with E-state index >= 15 is 0 Å². The van der Waals surface area contributed by atoms with Crippen LogP contribution in [-0.4, -0.2) is 61.2 Å². The molecular weight excluding hydrogens is 234 g/mol. The van der Waals surface area contributed by atoms with Crippen LogP contribution in [0.1, 0.15) is 47.0 Å². The standard InChI is InChI=1S/C16H33N3/c1-5-18-10-6-8-14(12-18)19-11-7-9-17-15(13-19)16(2,3)4/h14-15,17H,5-13H2,1-4H3. The lowest BCUT2D eigenvalue weighted by Crippen LogP contribution is -2.53. The molecule has 0 spiro atoms. The van der Waals surface area contributed by atoms with Crippen molar-refractivity contribution in [2.75, 3.05) is 39.3 Å². The molecule has 0 bridgehead atoms. The van der Waals surface area contributed by atoms with Gasteiger partial charge in [0.1, 0.15) is 0 Å². The molecule has 19 heavy (non-hydrogen) atoms. The number of hydrogen-bond donors (Lipinski definition) is 1. The first-order valence-corrected chi connectivity index (χ1v) is 8.20. The van der Waals surface area contributed by atoms with E-state index in [1.54, 1.807) is 0 Å². The second kappa shape index (κ2) is 6.55. The Hall–Kier alpha value is -0.120. The van der Waals surface area contributed by atoms with Crippen LogP contribution >= 0.6 is 0 Å². The van der Waals surface area contributed by atoms with Crippen LogP contribution < -0.4 is 5.32 Å². The van der Waals surface area contributed by atoms with Gasteiger partial charge in [-0.2, -0.15) is 0 Å². The summed E-state index contributed by atoms with van der Waals surface area (Å²) in [5, 5.41) is 3.76. The molecule has 2 rings (SSSR count). The average molecular weight is 267 g/mol. The smallest absolute Gasteiger partial charge is 0.0243 e. The van der Waals surface area contributed by atoms with Crippen LogP contribution in [0, 0.1) is 5.41 Å². The molecule has 0 aliphatic carbocycles. The Bertz CT molecular complexity index is 272. The van der Waals surface area contributed by atoms with Crippen molar-refractivity contribution < 1.29 is 0 Å². The van der Waals surface area contributed by atoms with Crippen LogP contribution in [0.25, 0.3) is 0 Å². The maximum absolute atomic E-state index is 3.76. The van der Waals surface area contributed by atoms with Crippen molar-refractivity contribution in [3.8, 4) is 0 Å². The third kappa shape index (κ3) is 4.17. The van der Waals surface area contributed by atoms with Gasteiger partial charge >= 0.3 is 0 Å². The molecule has 1 N–H and O–H groups in total. The second-order valence-electron chi connectivity index (χ2n) is 7.41. The highest BCUT2D eigenvalue weighted by atomic mass is 15.2. The molecule has 2 aliphatic heterocycles. The largest absolute Gasteiger partial charge is 0.312 e. The van der Waals surface area contributed by atoms with Gasteiger partial charge in [-0.25, -0.2) is 0 Å². The van der Waals surface area contributed by atoms with Gasteiger partial charge in [-0.3, -0.25) is 4.90 Å². The number of nitrogens with zero attached hydrogens (tertiary/aromatic N) is 2. The van der Waals surface area contributed by atoms with E-state index in [-0.39, 0.29) is 0 Å². The Morgan fingerprint density at radius 2 is 1.89 bits per heavy atom. The summed E-state index contributed by atoms with van der Waals surface area (Å²) < 4.78 is 0. The van der Waals surface area contributed by atoms with Crippen LogP contribution in [0.2, 0.25) is 0 Å². The number of likely N-dealkylation sites (N-methyl/N-ethyl adjacent to an activating group) is 1. The van der Waals surface area contributed by atoms with Gasteiger partial charge in [-0.1, -0.05) is 27.7 Å². The molecule has 0 radical (unpaired) electrons. The minimum absolute atomic E-state index is 0.363. The number of likely N-dealkylation sites (tertiary alicyclic amines) is 1. The van der Waals surface area contributed by atoms with E-state index in [0.717, 1.165) is 6.04 Å². The Morgan fingerprint density at radius 3 is 2.58 bits per heavy atom. The molecule has 2 heterocycles. The SMILES string of the molecule is CCN1CCCC(N2CCCNC(C(C)(C)C)C2)C1. The number of piperidine rings is 1. The molecule has 2 saturated heterocycles. The summed E-state index contributed by atoms with van der Waals surface area (Å²) in [7, 11) is 0. The van der Waals surface area contributed by atoms with E-state index in [4.69, 9.17) is 0 Å². The van der Waals surface area contributed by atoms with Gasteiger partial charge in [0.2, 0.25) is 0 Å². The topological polar surface area (TPSA) is 18.5 Å². The lowest BCUT2D eigenvalue weighted by Gasteiger charge is -2.41. The normalized spacial score (nSPS) is 32.2. The third-order valence-electron chi connectivity index (χ3n) is 4.92. The van der Waals surface area contributed by atoms with Crippen molar-refractivity contribution in [2.45, 2.75) is 59.0 Å². The Labute approximate surface area is 119 Å². The van der Waals surface area contributed by atoms with E-state index < -0.39 is 0 Å². The molecule has 0 aromatic rings. The van der Waals surface area contributed by atoms with Gasteiger partial charge in [0, 0.05) is 25.2 Å². The highest BCUT2D eigenvalue weighted by Crippen LogP contribution is 2.24. The third-order valence-corrected chi connectivity index (χ3v) is 4.92. The zero-order valence-corrected chi connectivity index (χ0v) is 13.4. The van der Waals surface area contributed by atoms with Crippen LogP contribution in [-0.2, 0) is 0 Å². The highest BCUT2D eigenvalue weighted by molar-refractivity contribution is 4.90. The van der Waals surface area contributed by atoms with Crippen LogP contribution in [0.3, 0.4) is 0 Å². The predicted molar refractivity (Wildman–Crippen MR) is 82.6 cm³/mol. The summed E-state index contributed by atoms with van der Waals surface area (Å²) in [4.78, 5) is 5.40. The lowest BCUT2D eigenvalue weighted by atomic mass is 9.86. The molecule has 0 saturated carbocycles. The lowest BCUT2D eigenvalue weighted by molar-refractivity contribution is 0.0864. The average Bonchev–Trinajstić information content (AvgIpc) is 2.64. The van der Waals surface area contributed by atoms with Crippen molar-refractivity contribution in [3.05, 3.63) is 0 Å². The molecule has 2 aliphatic rings. The number of hydrogen-bond acceptors (Lipinski definition) is 3. The summed E-state index contributed by atoms with van der Waals surface area (Å²) in [6.45, 7) is 16.9. The summed E-state index contributed by atoms with van der Waals surface area (Å²) in [6.07, 6.45) is 4.07. The molecule has 2 unspecified atom stereocenters. The molecule has 0 amide bonds. The van der Waals surface area contributed by atoms with Crippen molar-refractivity contribution in [3.63, 3.8) is 0 Å². The maximum Gasteiger partial charge on any atom is 0.0243 e. The van der Waals surface area contributed by atoms with Crippen molar-refractivity contribution in [1.29, 1.82) is 0 Å². The van der Waals surface area contributed by atoms with Gasteiger partial charge in [0.15, 0.2) is 0 Å². The van der Waals surface area contributed by atoms with Crippen LogP contribution in [0.4, 0.5) is 0 Å². The first-order chi connectivity index (χ1) is 9.00. The quantitative estimate of drug-likeness (QED) is 0.827. The van der Waals surface area contributed by atoms with Gasteiger partial charge in [0.05, 0.1) is 0 Å². The van der Waals surface area contributed by atoms with Crippen LogP contribution in [0.5, 0.6) is 0 Å². The summed E-state index contributed by atoms with van der Waals surface area (Å²) in [6, 6.07) is 1.42.